The van der Waals surface area contributed by atoms with Crippen LogP contribution in [0.2, 0.25) is 5.02 Å². The van der Waals surface area contributed by atoms with Gasteiger partial charge in [0, 0.05) is 56.1 Å². The molecule has 9 nitrogen and oxygen atoms in total. The number of hydrogen-bond donors (Lipinski definition) is 1. The summed E-state index contributed by atoms with van der Waals surface area (Å²) in [5, 5.41) is 3.47. The Labute approximate surface area is 221 Å². The van der Waals surface area contributed by atoms with E-state index in [-0.39, 0.29) is 18.5 Å². The Balaban J connectivity index is 1.53. The zero-order valence-corrected chi connectivity index (χ0v) is 22.0. The van der Waals surface area contributed by atoms with Crippen molar-refractivity contribution in [3.63, 3.8) is 0 Å². The number of carbonyl (C=O) groups is 3. The number of benzene rings is 2. The van der Waals surface area contributed by atoms with Gasteiger partial charge in [0.2, 0.25) is 0 Å². The smallest absolute Gasteiger partial charge is 0.338 e. The second-order valence-corrected chi connectivity index (χ2v) is 9.31. The Morgan fingerprint density at radius 3 is 2.27 bits per heavy atom. The van der Waals surface area contributed by atoms with Crippen LogP contribution >= 0.6 is 11.6 Å². The van der Waals surface area contributed by atoms with Crippen molar-refractivity contribution in [2.24, 2.45) is 0 Å². The predicted molar refractivity (Wildman–Crippen MR) is 139 cm³/mol. The van der Waals surface area contributed by atoms with Crippen LogP contribution in [0, 0.1) is 0 Å². The van der Waals surface area contributed by atoms with Crippen LogP contribution in [0.1, 0.15) is 28.9 Å². The van der Waals surface area contributed by atoms with Crippen molar-refractivity contribution < 1.29 is 23.9 Å². The molecule has 0 aromatic heterocycles. The summed E-state index contributed by atoms with van der Waals surface area (Å²) in [5.74, 6) is 0.188. The first kappa shape index (κ1) is 26.5. The highest BCUT2D eigenvalue weighted by Gasteiger charge is 2.37. The normalized spacial score (nSPS) is 18.5. The molecule has 2 aliphatic heterocycles. The van der Waals surface area contributed by atoms with Gasteiger partial charge in [-0.1, -0.05) is 23.7 Å². The lowest BCUT2D eigenvalue weighted by molar-refractivity contribution is -0.139. The number of urea groups is 1. The highest BCUT2D eigenvalue weighted by molar-refractivity contribution is 6.30. The summed E-state index contributed by atoms with van der Waals surface area (Å²) in [7, 11) is 3.23. The van der Waals surface area contributed by atoms with Crippen LogP contribution < -0.4 is 10.1 Å². The number of hydrogen-bond acceptors (Lipinski definition) is 6. The number of likely N-dealkylation sites (N-methyl/N-ethyl adjacent to an activating group) is 1. The van der Waals surface area contributed by atoms with E-state index in [0.29, 0.717) is 60.3 Å². The van der Waals surface area contributed by atoms with Crippen molar-refractivity contribution >= 4 is 29.5 Å². The number of methoxy groups -OCH3 is 1. The summed E-state index contributed by atoms with van der Waals surface area (Å²) in [5.41, 5.74) is 2.32. The van der Waals surface area contributed by atoms with E-state index in [4.69, 9.17) is 21.1 Å². The molecule has 4 rings (SSSR count). The highest BCUT2D eigenvalue weighted by Crippen LogP contribution is 2.32. The van der Waals surface area contributed by atoms with Crippen LogP contribution in [0.4, 0.5) is 4.79 Å². The van der Waals surface area contributed by atoms with Crippen LogP contribution in [0.3, 0.4) is 0 Å². The molecule has 2 aromatic carbocycles. The van der Waals surface area contributed by atoms with Gasteiger partial charge in [-0.25, -0.2) is 9.59 Å². The predicted octanol–water partition coefficient (Wildman–Crippen LogP) is 3.32. The fraction of sp³-hybridized carbons (Fsp3) is 0.370. The molecule has 3 amide bonds. The second kappa shape index (κ2) is 11.7. The second-order valence-electron chi connectivity index (χ2n) is 8.87. The van der Waals surface area contributed by atoms with E-state index in [1.165, 1.54) is 4.90 Å². The molecule has 1 unspecified atom stereocenters. The Hall–Kier alpha value is -3.56. The van der Waals surface area contributed by atoms with Crippen molar-refractivity contribution in [2.75, 3.05) is 53.5 Å². The molecule has 10 heteroatoms. The maximum atomic E-state index is 13.1. The molecular weight excluding hydrogens is 496 g/mol. The average molecular weight is 527 g/mol. The molecule has 2 aromatic rings. The molecule has 1 fully saturated rings. The van der Waals surface area contributed by atoms with E-state index >= 15 is 0 Å². The molecular formula is C27H31ClN4O5. The van der Waals surface area contributed by atoms with Crippen molar-refractivity contribution in [3.8, 4) is 5.75 Å². The van der Waals surface area contributed by atoms with E-state index in [1.54, 1.807) is 69.6 Å². The van der Waals surface area contributed by atoms with Crippen LogP contribution in [0.15, 0.2) is 59.8 Å². The number of rotatable bonds is 7. The zero-order chi connectivity index (χ0) is 26.5. The van der Waals surface area contributed by atoms with Crippen LogP contribution in [0.25, 0.3) is 0 Å². The molecule has 196 valence electrons. The number of halogens is 1. The Morgan fingerprint density at radius 2 is 1.68 bits per heavy atom. The molecule has 37 heavy (non-hydrogen) atoms. The maximum Gasteiger partial charge on any atom is 0.338 e. The SMILES string of the molecule is CCOC(=O)C1=C(CN2CCN(C(=O)c3ccc(OC)cc3)CC2)N(C)C(=O)NC1c1ccc(Cl)cc1. The Morgan fingerprint density at radius 1 is 1.03 bits per heavy atom. The summed E-state index contributed by atoms with van der Waals surface area (Å²) in [6, 6.07) is 13.1. The zero-order valence-electron chi connectivity index (χ0n) is 21.2. The molecule has 1 atom stereocenters. The van der Waals surface area contributed by atoms with Gasteiger partial charge in [-0.2, -0.15) is 0 Å². The lowest BCUT2D eigenvalue weighted by Crippen LogP contribution is -2.53. The molecule has 2 aliphatic rings. The van der Waals surface area contributed by atoms with E-state index in [1.807, 2.05) is 4.90 Å². The number of carbonyl (C=O) groups excluding carboxylic acids is 3. The van der Waals surface area contributed by atoms with E-state index in [2.05, 4.69) is 10.2 Å². The van der Waals surface area contributed by atoms with Crippen LogP contribution in [-0.4, -0.2) is 86.1 Å². The van der Waals surface area contributed by atoms with Crippen molar-refractivity contribution in [2.45, 2.75) is 13.0 Å². The number of nitrogens with one attached hydrogen (secondary N) is 1. The number of esters is 1. The van der Waals surface area contributed by atoms with E-state index in [0.717, 1.165) is 5.56 Å². The minimum absolute atomic E-state index is 0.0364. The van der Waals surface area contributed by atoms with Gasteiger partial charge in [-0.05, 0) is 48.9 Å². The number of amides is 3. The molecule has 0 radical (unpaired) electrons. The summed E-state index contributed by atoms with van der Waals surface area (Å²) in [4.78, 5) is 44.4. The topological polar surface area (TPSA) is 91.4 Å². The third-order valence-corrected chi connectivity index (χ3v) is 6.90. The minimum Gasteiger partial charge on any atom is -0.497 e. The molecule has 0 aliphatic carbocycles. The quantitative estimate of drug-likeness (QED) is 0.557. The molecule has 0 bridgehead atoms. The number of ether oxygens (including phenoxy) is 2. The first-order valence-electron chi connectivity index (χ1n) is 12.2. The van der Waals surface area contributed by atoms with Crippen molar-refractivity contribution in [3.05, 3.63) is 76.0 Å². The summed E-state index contributed by atoms with van der Waals surface area (Å²) >= 11 is 6.06. The van der Waals surface area contributed by atoms with Gasteiger partial charge < -0.3 is 19.7 Å². The first-order valence-corrected chi connectivity index (χ1v) is 12.6. The first-order chi connectivity index (χ1) is 17.8. The van der Waals surface area contributed by atoms with Gasteiger partial charge in [-0.15, -0.1) is 0 Å². The molecule has 1 saturated heterocycles. The number of nitrogens with zero attached hydrogens (tertiary/aromatic N) is 3. The summed E-state index contributed by atoms with van der Waals surface area (Å²) in [6.45, 7) is 4.59. The Kier molecular flexibility index (Phi) is 8.35. The van der Waals surface area contributed by atoms with Gasteiger partial charge in [-0.3, -0.25) is 14.6 Å². The van der Waals surface area contributed by atoms with E-state index < -0.39 is 12.0 Å². The average Bonchev–Trinajstić information content (AvgIpc) is 2.91. The van der Waals surface area contributed by atoms with Gasteiger partial charge in [0.1, 0.15) is 5.75 Å². The van der Waals surface area contributed by atoms with Gasteiger partial charge in [0.05, 0.1) is 25.3 Å². The lowest BCUT2D eigenvalue weighted by Gasteiger charge is -2.39. The largest absolute Gasteiger partial charge is 0.497 e. The summed E-state index contributed by atoms with van der Waals surface area (Å²) < 4.78 is 10.6. The van der Waals surface area contributed by atoms with Crippen LogP contribution in [-0.2, 0) is 9.53 Å². The molecule has 0 spiro atoms. The lowest BCUT2D eigenvalue weighted by atomic mass is 9.94. The summed E-state index contributed by atoms with van der Waals surface area (Å²) in [6.07, 6.45) is 0. The third-order valence-electron chi connectivity index (χ3n) is 6.65. The van der Waals surface area contributed by atoms with Gasteiger partial charge >= 0.3 is 12.0 Å². The fourth-order valence-electron chi connectivity index (χ4n) is 4.54. The number of piperazine rings is 1. The van der Waals surface area contributed by atoms with Gasteiger partial charge in [0.25, 0.3) is 5.91 Å². The third kappa shape index (κ3) is 5.89. The fourth-order valence-corrected chi connectivity index (χ4v) is 4.67. The van der Waals surface area contributed by atoms with Crippen molar-refractivity contribution in [1.29, 1.82) is 0 Å². The molecule has 0 saturated carbocycles. The standard InChI is InChI=1S/C27H31ClN4O5/c1-4-37-26(34)23-22(30(2)27(35)29-24(23)18-5-9-20(28)10-6-18)17-31-13-15-32(16-14-31)25(33)19-7-11-21(36-3)12-8-19/h5-12,24H,4,13-17H2,1-3H3,(H,29,35). The van der Waals surface area contributed by atoms with Crippen molar-refractivity contribution in [1.82, 2.24) is 20.0 Å². The highest BCUT2D eigenvalue weighted by atomic mass is 35.5. The van der Waals surface area contributed by atoms with Gasteiger partial charge in [0.15, 0.2) is 0 Å². The minimum atomic E-state index is -0.659. The molecule has 1 N–H and O–H groups in total. The maximum absolute atomic E-state index is 13.1. The van der Waals surface area contributed by atoms with Crippen LogP contribution in [0.5, 0.6) is 5.75 Å². The molecule has 2 heterocycles. The van der Waals surface area contributed by atoms with E-state index in [9.17, 15) is 14.4 Å². The Bertz CT molecular complexity index is 1170. The monoisotopic (exact) mass is 526 g/mol.